The third-order valence-corrected chi connectivity index (χ3v) is 8.05. The Morgan fingerprint density at radius 2 is 1.63 bits per heavy atom. The van der Waals surface area contributed by atoms with Crippen molar-refractivity contribution in [1.82, 2.24) is 5.32 Å². The second-order valence-electron chi connectivity index (χ2n) is 7.53. The lowest BCUT2D eigenvalue weighted by molar-refractivity contribution is -0.139. The Balaban J connectivity index is 1.55. The van der Waals surface area contributed by atoms with Crippen LogP contribution in [0, 0.1) is 0 Å². The number of carbonyl (C=O) groups is 2. The number of rotatable bonds is 6. The van der Waals surface area contributed by atoms with Crippen molar-refractivity contribution in [3.63, 3.8) is 0 Å². The Labute approximate surface area is 216 Å². The van der Waals surface area contributed by atoms with Gasteiger partial charge in [-0.15, -0.1) is 0 Å². The molecule has 1 aliphatic rings. The molecule has 0 saturated heterocycles. The van der Waals surface area contributed by atoms with E-state index in [0.717, 1.165) is 4.31 Å². The van der Waals surface area contributed by atoms with Gasteiger partial charge in [0, 0.05) is 6.42 Å². The van der Waals surface area contributed by atoms with Gasteiger partial charge in [-0.25, -0.2) is 17.5 Å². The Hall–Kier alpha value is -3.18. The molecule has 1 atom stereocenters. The number of nitrogens with zero attached hydrogens (tertiary/aromatic N) is 1. The fraction of sp³-hybridized carbons (Fsp3) is 0.0870. The van der Waals surface area contributed by atoms with Gasteiger partial charge in [0.05, 0.1) is 27.0 Å². The summed E-state index contributed by atoms with van der Waals surface area (Å²) in [6, 6.07) is 15.8. The number of para-hydroxylation sites is 1. The number of carboxylic acid groups (broad SMARTS) is 1. The molecular weight excluding hydrogens is 533 g/mol. The highest BCUT2D eigenvalue weighted by Crippen LogP contribution is 2.33. The van der Waals surface area contributed by atoms with Crippen LogP contribution >= 0.6 is 35.4 Å². The second-order valence-corrected chi connectivity index (χ2v) is 10.5. The van der Waals surface area contributed by atoms with Gasteiger partial charge >= 0.3 is 5.97 Å². The molecule has 0 aromatic heterocycles. The van der Waals surface area contributed by atoms with Gasteiger partial charge < -0.3 is 15.7 Å². The number of amides is 1. The first-order chi connectivity index (χ1) is 16.6. The minimum atomic E-state index is -3.94. The number of aliphatic carboxylic acids is 1. The van der Waals surface area contributed by atoms with Gasteiger partial charge in [0.25, 0.3) is 15.9 Å². The first-order valence-electron chi connectivity index (χ1n) is 10.1. The van der Waals surface area contributed by atoms with E-state index in [1.807, 2.05) is 0 Å². The van der Waals surface area contributed by atoms with Gasteiger partial charge in [-0.3, -0.25) is 4.79 Å². The normalized spacial score (nSPS) is 15.0. The van der Waals surface area contributed by atoms with E-state index in [2.05, 4.69) is 10.6 Å². The SMILES string of the molecule is O=C(NC(Cc1ccc(N2C(=S)Nc3ccccc3S2(=O)=O)cc1)C(=O)O)c1c(Cl)cccc1Cl. The highest BCUT2D eigenvalue weighted by molar-refractivity contribution is 7.96. The molecule has 1 amide bonds. The van der Waals surface area contributed by atoms with Crippen molar-refractivity contribution in [2.24, 2.45) is 0 Å². The molecule has 12 heteroatoms. The molecule has 4 rings (SSSR count). The third-order valence-electron chi connectivity index (χ3n) is 5.24. The number of anilines is 2. The highest BCUT2D eigenvalue weighted by atomic mass is 35.5. The fourth-order valence-electron chi connectivity index (χ4n) is 3.57. The molecule has 0 saturated carbocycles. The van der Waals surface area contributed by atoms with Crippen molar-refractivity contribution < 1.29 is 23.1 Å². The summed E-state index contributed by atoms with van der Waals surface area (Å²) in [4.78, 5) is 24.5. The van der Waals surface area contributed by atoms with Crippen molar-refractivity contribution in [2.75, 3.05) is 9.62 Å². The molecule has 1 unspecified atom stereocenters. The van der Waals surface area contributed by atoms with Crippen LogP contribution in [0.3, 0.4) is 0 Å². The average Bonchev–Trinajstić information content (AvgIpc) is 2.79. The number of hydrogen-bond acceptors (Lipinski definition) is 5. The highest BCUT2D eigenvalue weighted by Gasteiger charge is 2.35. The molecule has 0 fully saturated rings. The largest absolute Gasteiger partial charge is 0.480 e. The van der Waals surface area contributed by atoms with Crippen LogP contribution in [0.1, 0.15) is 15.9 Å². The van der Waals surface area contributed by atoms with Crippen molar-refractivity contribution in [1.29, 1.82) is 0 Å². The molecule has 3 aromatic carbocycles. The lowest BCUT2D eigenvalue weighted by atomic mass is 10.0. The number of benzene rings is 3. The first kappa shape index (κ1) is 24.9. The molecular formula is C23H17Cl2N3O5S2. The van der Waals surface area contributed by atoms with Crippen LogP contribution in [0.25, 0.3) is 0 Å². The molecule has 1 aliphatic heterocycles. The molecule has 0 spiro atoms. The Kier molecular flexibility index (Phi) is 7.00. The van der Waals surface area contributed by atoms with E-state index in [0.29, 0.717) is 11.3 Å². The van der Waals surface area contributed by atoms with Crippen molar-refractivity contribution in [2.45, 2.75) is 17.4 Å². The number of hydrogen-bond donors (Lipinski definition) is 3. The molecule has 3 aromatic rings. The molecule has 0 aliphatic carbocycles. The van der Waals surface area contributed by atoms with Gasteiger partial charge in [0.15, 0.2) is 5.11 Å². The van der Waals surface area contributed by atoms with Crippen LogP contribution in [0.5, 0.6) is 0 Å². The van der Waals surface area contributed by atoms with Gasteiger partial charge in [-0.2, -0.15) is 0 Å². The van der Waals surface area contributed by atoms with Gasteiger partial charge in [0.1, 0.15) is 10.9 Å². The zero-order chi connectivity index (χ0) is 25.3. The molecule has 1 heterocycles. The van der Waals surface area contributed by atoms with Crippen LogP contribution in [0.15, 0.2) is 71.6 Å². The standard InChI is InChI=1S/C23H17Cl2N3O5S2/c24-15-4-3-5-16(25)20(15)21(29)26-18(22(30)31)12-13-8-10-14(11-9-13)28-23(34)27-17-6-1-2-7-19(17)35(28,32)33/h1-11,18H,12H2,(H,26,29)(H,27,34)(H,30,31). The Morgan fingerprint density at radius 1 is 1.00 bits per heavy atom. The van der Waals surface area contributed by atoms with Crippen LogP contribution in [-0.2, 0) is 21.2 Å². The molecule has 0 bridgehead atoms. The average molecular weight is 550 g/mol. The predicted molar refractivity (Wildman–Crippen MR) is 138 cm³/mol. The van der Waals surface area contributed by atoms with E-state index in [-0.39, 0.29) is 37.7 Å². The number of sulfonamides is 1. The Morgan fingerprint density at radius 3 is 2.26 bits per heavy atom. The number of thiocarbonyl (C=S) groups is 1. The van der Waals surface area contributed by atoms with Crippen LogP contribution in [-0.4, -0.2) is 36.6 Å². The summed E-state index contributed by atoms with van der Waals surface area (Å²) in [5, 5.41) is 15.1. The second kappa shape index (κ2) is 9.82. The van der Waals surface area contributed by atoms with E-state index in [1.54, 1.807) is 36.4 Å². The summed E-state index contributed by atoms with van der Waals surface area (Å²) >= 11 is 17.4. The molecule has 3 N–H and O–H groups in total. The number of carbonyl (C=O) groups excluding carboxylic acids is 1. The van der Waals surface area contributed by atoms with Crippen molar-refractivity contribution >= 4 is 73.8 Å². The maximum atomic E-state index is 13.1. The number of carboxylic acids is 1. The van der Waals surface area contributed by atoms with Crippen molar-refractivity contribution in [3.8, 4) is 0 Å². The summed E-state index contributed by atoms with van der Waals surface area (Å²) in [5.41, 5.74) is 1.19. The zero-order valence-electron chi connectivity index (χ0n) is 17.7. The van der Waals surface area contributed by atoms with Crippen LogP contribution < -0.4 is 14.9 Å². The predicted octanol–water partition coefficient (Wildman–Crippen LogP) is 4.32. The fourth-order valence-corrected chi connectivity index (χ4v) is 6.16. The number of nitrogens with one attached hydrogen (secondary N) is 2. The summed E-state index contributed by atoms with van der Waals surface area (Å²) in [7, 11) is -3.94. The lowest BCUT2D eigenvalue weighted by Gasteiger charge is -2.31. The quantitative estimate of drug-likeness (QED) is 0.392. The summed E-state index contributed by atoms with van der Waals surface area (Å²) in [6.45, 7) is 0. The lowest BCUT2D eigenvalue weighted by Crippen LogP contribution is -2.44. The van der Waals surface area contributed by atoms with Gasteiger partial charge in [0.2, 0.25) is 0 Å². The minimum Gasteiger partial charge on any atom is -0.480 e. The molecule has 35 heavy (non-hydrogen) atoms. The zero-order valence-corrected chi connectivity index (χ0v) is 20.9. The van der Waals surface area contributed by atoms with Gasteiger partial charge in [-0.1, -0.05) is 53.5 Å². The topological polar surface area (TPSA) is 116 Å². The smallest absolute Gasteiger partial charge is 0.326 e. The van der Waals surface area contributed by atoms with E-state index < -0.39 is 27.9 Å². The maximum Gasteiger partial charge on any atom is 0.326 e. The molecule has 180 valence electrons. The number of fused-ring (bicyclic) bond motifs is 1. The summed E-state index contributed by atoms with van der Waals surface area (Å²) in [6.07, 6.45) is -0.0678. The van der Waals surface area contributed by atoms with E-state index in [4.69, 9.17) is 35.4 Å². The van der Waals surface area contributed by atoms with Crippen molar-refractivity contribution in [3.05, 3.63) is 87.9 Å². The van der Waals surface area contributed by atoms with Gasteiger partial charge in [-0.05, 0) is 54.2 Å². The Bertz CT molecular complexity index is 1430. The van der Waals surface area contributed by atoms with E-state index in [1.165, 1.54) is 30.3 Å². The van der Waals surface area contributed by atoms with Crippen LogP contribution in [0.2, 0.25) is 10.0 Å². The monoisotopic (exact) mass is 549 g/mol. The first-order valence-corrected chi connectivity index (χ1v) is 12.7. The summed E-state index contributed by atoms with van der Waals surface area (Å²) < 4.78 is 27.3. The molecule has 0 radical (unpaired) electrons. The number of halogens is 2. The maximum absolute atomic E-state index is 13.1. The molecule has 8 nitrogen and oxygen atoms in total. The van der Waals surface area contributed by atoms with E-state index >= 15 is 0 Å². The van der Waals surface area contributed by atoms with E-state index in [9.17, 15) is 23.1 Å². The summed E-state index contributed by atoms with van der Waals surface area (Å²) in [5.74, 6) is -1.98. The minimum absolute atomic E-state index is 0.0104. The third kappa shape index (κ3) is 4.96. The van der Waals surface area contributed by atoms with Crippen LogP contribution in [0.4, 0.5) is 11.4 Å².